The van der Waals surface area contributed by atoms with Crippen molar-refractivity contribution in [3.63, 3.8) is 0 Å². The SMILES string of the molecule is CC.CC1CC1.CCC(=Nc1cc(F)c(C)cc1C)/C(C=C(C)C)=C(\C)NC. The fourth-order valence-corrected chi connectivity index (χ4v) is 2.41. The summed E-state index contributed by atoms with van der Waals surface area (Å²) in [6.07, 6.45) is 5.88. The third-order valence-corrected chi connectivity index (χ3v) is 4.46. The zero-order chi connectivity index (χ0) is 21.9. The molecule has 0 unspecified atom stereocenters. The molecule has 1 fully saturated rings. The van der Waals surface area contributed by atoms with Gasteiger partial charge in [-0.2, -0.15) is 0 Å². The van der Waals surface area contributed by atoms with Gasteiger partial charge in [0.25, 0.3) is 0 Å². The van der Waals surface area contributed by atoms with Crippen LogP contribution in [0.4, 0.5) is 10.1 Å². The molecule has 0 aliphatic heterocycles. The van der Waals surface area contributed by atoms with Crippen LogP contribution >= 0.6 is 0 Å². The molecular formula is C25H41FN2. The molecule has 0 spiro atoms. The smallest absolute Gasteiger partial charge is 0.128 e. The van der Waals surface area contributed by atoms with Crippen molar-refractivity contribution >= 4 is 11.4 Å². The van der Waals surface area contributed by atoms with E-state index in [0.717, 1.165) is 34.9 Å². The molecule has 1 aliphatic carbocycles. The van der Waals surface area contributed by atoms with Gasteiger partial charge in [-0.05, 0) is 58.1 Å². The normalized spacial score (nSPS) is 14.0. The van der Waals surface area contributed by atoms with Crippen LogP contribution in [0.3, 0.4) is 0 Å². The number of nitrogens with one attached hydrogen (secondary N) is 1. The van der Waals surface area contributed by atoms with Gasteiger partial charge in [0.2, 0.25) is 0 Å². The summed E-state index contributed by atoms with van der Waals surface area (Å²) in [4.78, 5) is 4.74. The van der Waals surface area contributed by atoms with E-state index in [1.165, 1.54) is 24.5 Å². The van der Waals surface area contributed by atoms with Gasteiger partial charge in [-0.15, -0.1) is 0 Å². The molecular weight excluding hydrogens is 347 g/mol. The fraction of sp³-hybridized carbons (Fsp3) is 0.560. The van der Waals surface area contributed by atoms with E-state index in [-0.39, 0.29) is 5.82 Å². The number of allylic oxidation sites excluding steroid dienone is 4. The minimum Gasteiger partial charge on any atom is -0.391 e. The monoisotopic (exact) mass is 388 g/mol. The van der Waals surface area contributed by atoms with Gasteiger partial charge in [0.1, 0.15) is 5.82 Å². The number of aliphatic imine (C=N–C) groups is 1. The number of hydrogen-bond donors (Lipinski definition) is 1. The molecule has 2 nitrogen and oxygen atoms in total. The quantitative estimate of drug-likeness (QED) is 0.403. The highest BCUT2D eigenvalue weighted by Crippen LogP contribution is 2.27. The molecule has 0 amide bonds. The average molecular weight is 389 g/mol. The first-order valence-corrected chi connectivity index (χ1v) is 10.6. The standard InChI is InChI=1S/C19H27FN2.C4H8.C2H6/c1-8-18(16(9-12(2)3)15(6)21-7)22-19-11-17(20)13(4)10-14(19)5;1-4-2-3-4;1-2/h9-11,21H,8H2,1-7H3;4H,2-3H2,1H3;1-2H3/b16-15+,22-18?;;. The van der Waals surface area contributed by atoms with Crippen molar-refractivity contribution in [3.05, 3.63) is 52.0 Å². The molecule has 0 atom stereocenters. The van der Waals surface area contributed by atoms with Crippen LogP contribution in [0.1, 0.15) is 78.9 Å². The molecule has 28 heavy (non-hydrogen) atoms. The van der Waals surface area contributed by atoms with Crippen LogP contribution in [0, 0.1) is 25.6 Å². The lowest BCUT2D eigenvalue weighted by Crippen LogP contribution is -2.11. The molecule has 0 saturated heterocycles. The Labute approximate surface area is 173 Å². The third-order valence-electron chi connectivity index (χ3n) is 4.46. The summed E-state index contributed by atoms with van der Waals surface area (Å²) in [7, 11) is 1.90. The van der Waals surface area contributed by atoms with Crippen molar-refractivity contribution in [2.45, 2.75) is 81.6 Å². The Kier molecular flexibility index (Phi) is 12.4. The Morgan fingerprint density at radius 3 is 2.07 bits per heavy atom. The maximum atomic E-state index is 13.8. The van der Waals surface area contributed by atoms with E-state index in [2.05, 4.69) is 39.1 Å². The van der Waals surface area contributed by atoms with Gasteiger partial charge >= 0.3 is 0 Å². The van der Waals surface area contributed by atoms with Gasteiger partial charge < -0.3 is 5.32 Å². The highest BCUT2D eigenvalue weighted by atomic mass is 19.1. The van der Waals surface area contributed by atoms with Crippen molar-refractivity contribution in [1.29, 1.82) is 0 Å². The van der Waals surface area contributed by atoms with E-state index < -0.39 is 0 Å². The number of nitrogens with zero attached hydrogens (tertiary/aromatic N) is 1. The summed E-state index contributed by atoms with van der Waals surface area (Å²) in [6.45, 7) is 18.2. The van der Waals surface area contributed by atoms with Crippen molar-refractivity contribution in [1.82, 2.24) is 5.32 Å². The van der Waals surface area contributed by atoms with Crippen molar-refractivity contribution < 1.29 is 4.39 Å². The molecule has 1 aromatic rings. The molecule has 0 radical (unpaired) electrons. The van der Waals surface area contributed by atoms with Crippen molar-refractivity contribution in [2.75, 3.05) is 7.05 Å². The minimum absolute atomic E-state index is 0.210. The van der Waals surface area contributed by atoms with E-state index in [1.807, 2.05) is 40.8 Å². The van der Waals surface area contributed by atoms with Crippen LogP contribution in [0.25, 0.3) is 0 Å². The first kappa shape index (κ1) is 26.1. The lowest BCUT2D eigenvalue weighted by atomic mass is 10.0. The Bertz CT molecular complexity index is 704. The summed E-state index contributed by atoms with van der Waals surface area (Å²) in [5.41, 5.74) is 6.64. The molecule has 0 heterocycles. The first-order chi connectivity index (χ1) is 13.2. The van der Waals surface area contributed by atoms with Crippen LogP contribution in [0.15, 0.2) is 40.0 Å². The van der Waals surface area contributed by atoms with Gasteiger partial charge in [-0.25, -0.2) is 4.39 Å². The zero-order valence-corrected chi connectivity index (χ0v) is 19.8. The molecule has 1 aliphatic rings. The van der Waals surface area contributed by atoms with Gasteiger partial charge in [0.15, 0.2) is 0 Å². The predicted molar refractivity (Wildman–Crippen MR) is 124 cm³/mol. The average Bonchev–Trinajstić information content (AvgIpc) is 3.45. The van der Waals surface area contributed by atoms with E-state index in [0.29, 0.717) is 11.3 Å². The zero-order valence-electron chi connectivity index (χ0n) is 19.8. The molecule has 3 heteroatoms. The first-order valence-electron chi connectivity index (χ1n) is 10.6. The van der Waals surface area contributed by atoms with E-state index in [9.17, 15) is 4.39 Å². The second kappa shape index (κ2) is 13.3. The van der Waals surface area contributed by atoms with Crippen LogP contribution in [0.5, 0.6) is 0 Å². The third kappa shape index (κ3) is 9.34. The highest BCUT2D eigenvalue weighted by molar-refractivity contribution is 6.04. The Morgan fingerprint density at radius 2 is 1.68 bits per heavy atom. The molecule has 0 aromatic heterocycles. The summed E-state index contributed by atoms with van der Waals surface area (Å²) >= 11 is 0. The largest absolute Gasteiger partial charge is 0.391 e. The minimum atomic E-state index is -0.210. The second-order valence-electron chi connectivity index (χ2n) is 7.49. The Hall–Kier alpha value is -1.90. The fourth-order valence-electron chi connectivity index (χ4n) is 2.41. The van der Waals surface area contributed by atoms with E-state index in [4.69, 9.17) is 4.99 Å². The maximum absolute atomic E-state index is 13.8. The van der Waals surface area contributed by atoms with Crippen LogP contribution in [-0.4, -0.2) is 12.8 Å². The molecule has 1 saturated carbocycles. The predicted octanol–water partition coefficient (Wildman–Crippen LogP) is 7.83. The van der Waals surface area contributed by atoms with E-state index in [1.54, 1.807) is 6.92 Å². The Balaban J connectivity index is 0.00000105. The summed E-state index contributed by atoms with van der Waals surface area (Å²) in [6, 6.07) is 3.37. The molecule has 0 bridgehead atoms. The summed E-state index contributed by atoms with van der Waals surface area (Å²) in [5.74, 6) is 0.873. The number of rotatable bonds is 5. The highest BCUT2D eigenvalue weighted by Gasteiger charge is 2.12. The van der Waals surface area contributed by atoms with Gasteiger partial charge in [0, 0.05) is 30.1 Å². The number of halogens is 1. The van der Waals surface area contributed by atoms with E-state index >= 15 is 0 Å². The van der Waals surface area contributed by atoms with Crippen LogP contribution in [0.2, 0.25) is 0 Å². The Morgan fingerprint density at radius 1 is 1.14 bits per heavy atom. The molecule has 1 N–H and O–H groups in total. The van der Waals surface area contributed by atoms with Crippen LogP contribution in [-0.2, 0) is 0 Å². The molecule has 2 rings (SSSR count). The number of hydrogen-bond acceptors (Lipinski definition) is 2. The number of benzene rings is 1. The van der Waals surface area contributed by atoms with Gasteiger partial charge in [-0.1, -0.05) is 58.3 Å². The lowest BCUT2D eigenvalue weighted by Gasteiger charge is -2.13. The van der Waals surface area contributed by atoms with Crippen molar-refractivity contribution in [3.8, 4) is 0 Å². The molecule has 1 aromatic carbocycles. The lowest BCUT2D eigenvalue weighted by molar-refractivity contribution is 0.618. The molecule has 158 valence electrons. The maximum Gasteiger partial charge on any atom is 0.128 e. The topological polar surface area (TPSA) is 24.4 Å². The summed E-state index contributed by atoms with van der Waals surface area (Å²) < 4.78 is 13.8. The summed E-state index contributed by atoms with van der Waals surface area (Å²) in [5, 5.41) is 3.19. The van der Waals surface area contributed by atoms with Gasteiger partial charge in [-0.3, -0.25) is 4.99 Å². The van der Waals surface area contributed by atoms with Gasteiger partial charge in [0.05, 0.1) is 5.69 Å². The number of aryl methyl sites for hydroxylation is 2. The van der Waals surface area contributed by atoms with Crippen LogP contribution < -0.4 is 5.32 Å². The second-order valence-corrected chi connectivity index (χ2v) is 7.49. The van der Waals surface area contributed by atoms with Crippen molar-refractivity contribution in [2.24, 2.45) is 10.9 Å².